The van der Waals surface area contributed by atoms with E-state index in [1.165, 1.54) is 5.54 Å². The topological polar surface area (TPSA) is 43.8 Å². The number of allylic oxidation sites excluding steroid dienone is 1. The van der Waals surface area contributed by atoms with E-state index in [4.69, 9.17) is 17.3 Å². The minimum Gasteiger partial charge on any atom is -0.396 e. The van der Waals surface area contributed by atoms with Crippen LogP contribution in [0.4, 0.5) is 5.69 Å². The van der Waals surface area contributed by atoms with Crippen LogP contribution in [0.3, 0.4) is 0 Å². The number of hydrogen-bond donors (Lipinski definition) is 1. The monoisotopic (exact) mass is 171 g/mol. The third kappa shape index (κ3) is 2.27. The predicted octanol–water partition coefficient (Wildman–Crippen LogP) is 1.61. The van der Waals surface area contributed by atoms with E-state index in [9.17, 15) is 0 Å². The summed E-state index contributed by atoms with van der Waals surface area (Å²) in [5, 5.41) is 4.00. The lowest BCUT2D eigenvalue weighted by molar-refractivity contribution is 0.678. The van der Waals surface area contributed by atoms with Gasteiger partial charge in [-0.25, -0.2) is 0 Å². The summed E-state index contributed by atoms with van der Waals surface area (Å²) in [4.78, 5) is 0. The molecule has 0 fully saturated rings. The number of hydrogen-bond acceptors (Lipinski definition) is 2. The highest BCUT2D eigenvalue weighted by Gasteiger charge is 1.94. The van der Waals surface area contributed by atoms with Crippen molar-refractivity contribution in [2.45, 2.75) is 13.5 Å². The lowest BCUT2D eigenvalue weighted by Crippen LogP contribution is -1.98. The van der Waals surface area contributed by atoms with Crippen LogP contribution < -0.4 is 5.73 Å². The molecule has 0 radical (unpaired) electrons. The molecule has 0 aromatic carbocycles. The van der Waals surface area contributed by atoms with Gasteiger partial charge in [-0.15, -0.1) is 0 Å². The van der Waals surface area contributed by atoms with Gasteiger partial charge in [-0.05, 0) is 12.5 Å². The maximum Gasteiger partial charge on any atom is 0.0719 e. The van der Waals surface area contributed by atoms with Gasteiger partial charge in [0.25, 0.3) is 0 Å². The van der Waals surface area contributed by atoms with Gasteiger partial charge in [0.05, 0.1) is 18.4 Å². The fourth-order valence-electron chi connectivity index (χ4n) is 0.756. The molecule has 1 aromatic heterocycles. The summed E-state index contributed by atoms with van der Waals surface area (Å²) >= 11 is 5.47. The SMILES string of the molecule is C/C(=C/Cl)Cn1cc(N)cn1. The minimum absolute atomic E-state index is 0.673. The Kier molecular flexibility index (Phi) is 2.54. The van der Waals surface area contributed by atoms with E-state index in [0.717, 1.165) is 5.57 Å². The molecule has 0 bridgehead atoms. The van der Waals surface area contributed by atoms with Gasteiger partial charge >= 0.3 is 0 Å². The number of halogens is 1. The molecule has 0 saturated heterocycles. The van der Waals surface area contributed by atoms with E-state index >= 15 is 0 Å². The number of aromatic nitrogens is 2. The molecule has 0 amide bonds. The summed E-state index contributed by atoms with van der Waals surface area (Å²) in [6.07, 6.45) is 3.38. The molecule has 3 nitrogen and oxygen atoms in total. The molecule has 0 spiro atoms. The number of anilines is 1. The molecule has 0 aliphatic heterocycles. The summed E-state index contributed by atoms with van der Waals surface area (Å²) in [6.45, 7) is 2.63. The van der Waals surface area contributed by atoms with E-state index in [0.29, 0.717) is 12.2 Å². The van der Waals surface area contributed by atoms with Crippen LogP contribution in [0.2, 0.25) is 0 Å². The zero-order valence-corrected chi connectivity index (χ0v) is 7.04. The van der Waals surface area contributed by atoms with Crippen LogP contribution in [-0.4, -0.2) is 9.78 Å². The summed E-state index contributed by atoms with van der Waals surface area (Å²) in [5.74, 6) is 0. The van der Waals surface area contributed by atoms with Crippen LogP contribution in [0, 0.1) is 0 Å². The summed E-state index contributed by atoms with van der Waals surface area (Å²) in [7, 11) is 0. The van der Waals surface area contributed by atoms with Crippen molar-refractivity contribution in [2.24, 2.45) is 0 Å². The minimum atomic E-state index is 0.673. The Morgan fingerprint density at radius 3 is 3.09 bits per heavy atom. The summed E-state index contributed by atoms with van der Waals surface area (Å²) < 4.78 is 1.74. The second-order valence-corrected chi connectivity index (χ2v) is 2.64. The molecule has 0 aliphatic carbocycles. The molecule has 0 aliphatic rings. The smallest absolute Gasteiger partial charge is 0.0719 e. The first-order valence-corrected chi connectivity index (χ1v) is 3.70. The van der Waals surface area contributed by atoms with E-state index in [1.54, 1.807) is 17.1 Å². The highest BCUT2D eigenvalue weighted by molar-refractivity contribution is 6.25. The molecule has 1 heterocycles. The second-order valence-electron chi connectivity index (χ2n) is 2.43. The molecule has 1 aromatic rings. The molecule has 60 valence electrons. The highest BCUT2D eigenvalue weighted by atomic mass is 35.5. The number of nitrogens with two attached hydrogens (primary N) is 1. The summed E-state index contributed by atoms with van der Waals surface area (Å²) in [5.41, 5.74) is 8.72. The van der Waals surface area contributed by atoms with Gasteiger partial charge in [0, 0.05) is 11.7 Å². The van der Waals surface area contributed by atoms with Gasteiger partial charge in [0.1, 0.15) is 0 Å². The van der Waals surface area contributed by atoms with E-state index in [1.807, 2.05) is 6.92 Å². The van der Waals surface area contributed by atoms with E-state index < -0.39 is 0 Å². The molecular formula is C7H10ClN3. The molecule has 11 heavy (non-hydrogen) atoms. The van der Waals surface area contributed by atoms with Crippen molar-refractivity contribution in [3.63, 3.8) is 0 Å². The lowest BCUT2D eigenvalue weighted by atomic mass is 10.3. The molecule has 0 unspecified atom stereocenters. The van der Waals surface area contributed by atoms with Crippen molar-refractivity contribution in [3.8, 4) is 0 Å². The Morgan fingerprint density at radius 2 is 2.64 bits per heavy atom. The fourth-order valence-corrected chi connectivity index (χ4v) is 0.825. The Morgan fingerprint density at radius 1 is 1.91 bits per heavy atom. The fraction of sp³-hybridized carbons (Fsp3) is 0.286. The lowest BCUT2D eigenvalue weighted by Gasteiger charge is -1.98. The Hall–Kier alpha value is -0.960. The average molecular weight is 172 g/mol. The Bertz CT molecular complexity index is 264. The average Bonchev–Trinajstić information content (AvgIpc) is 2.35. The molecule has 2 N–H and O–H groups in total. The van der Waals surface area contributed by atoms with Crippen LogP contribution in [0.1, 0.15) is 6.92 Å². The van der Waals surface area contributed by atoms with Gasteiger partial charge in [-0.2, -0.15) is 5.10 Å². The largest absolute Gasteiger partial charge is 0.396 e. The van der Waals surface area contributed by atoms with Crippen molar-refractivity contribution in [3.05, 3.63) is 23.5 Å². The van der Waals surface area contributed by atoms with Crippen LogP contribution in [-0.2, 0) is 6.54 Å². The van der Waals surface area contributed by atoms with Crippen molar-refractivity contribution in [2.75, 3.05) is 5.73 Å². The van der Waals surface area contributed by atoms with Crippen LogP contribution in [0.25, 0.3) is 0 Å². The number of nitrogen functional groups attached to an aromatic ring is 1. The summed E-state index contributed by atoms with van der Waals surface area (Å²) in [6, 6.07) is 0. The van der Waals surface area contributed by atoms with Crippen molar-refractivity contribution >= 4 is 17.3 Å². The van der Waals surface area contributed by atoms with Crippen molar-refractivity contribution in [1.29, 1.82) is 0 Å². The molecule has 4 heteroatoms. The molecule has 1 rings (SSSR count). The normalized spacial score (nSPS) is 12.0. The van der Waals surface area contributed by atoms with Crippen LogP contribution >= 0.6 is 11.6 Å². The van der Waals surface area contributed by atoms with Gasteiger partial charge in [-0.1, -0.05) is 11.6 Å². The molecule has 0 saturated carbocycles. The first kappa shape index (κ1) is 8.14. The third-order valence-corrected chi connectivity index (χ3v) is 1.62. The van der Waals surface area contributed by atoms with Gasteiger partial charge in [0.15, 0.2) is 0 Å². The van der Waals surface area contributed by atoms with E-state index in [-0.39, 0.29) is 0 Å². The third-order valence-electron chi connectivity index (χ3n) is 1.25. The zero-order chi connectivity index (χ0) is 8.27. The van der Waals surface area contributed by atoms with Crippen LogP contribution in [0.5, 0.6) is 0 Å². The first-order valence-electron chi connectivity index (χ1n) is 3.26. The second kappa shape index (κ2) is 3.44. The Balaban J connectivity index is 2.65. The maximum absolute atomic E-state index is 5.47. The number of nitrogens with zero attached hydrogens (tertiary/aromatic N) is 2. The highest BCUT2D eigenvalue weighted by Crippen LogP contribution is 2.02. The molecule has 0 atom stereocenters. The first-order chi connectivity index (χ1) is 5.22. The molecular weight excluding hydrogens is 162 g/mol. The standard InChI is InChI=1S/C7H10ClN3/c1-6(2-8)4-11-5-7(9)3-10-11/h2-3,5H,4,9H2,1H3/b6-2-. The Labute approximate surface area is 70.5 Å². The predicted molar refractivity (Wildman–Crippen MR) is 46.2 cm³/mol. The number of rotatable bonds is 2. The van der Waals surface area contributed by atoms with Gasteiger partial charge in [0.2, 0.25) is 0 Å². The van der Waals surface area contributed by atoms with Gasteiger partial charge in [-0.3, -0.25) is 4.68 Å². The van der Waals surface area contributed by atoms with Crippen molar-refractivity contribution < 1.29 is 0 Å². The maximum atomic E-state index is 5.47. The van der Waals surface area contributed by atoms with Gasteiger partial charge < -0.3 is 5.73 Å². The van der Waals surface area contributed by atoms with Crippen molar-refractivity contribution in [1.82, 2.24) is 9.78 Å². The van der Waals surface area contributed by atoms with Crippen LogP contribution in [0.15, 0.2) is 23.5 Å². The van der Waals surface area contributed by atoms with E-state index in [2.05, 4.69) is 5.10 Å². The zero-order valence-electron chi connectivity index (χ0n) is 6.29. The quantitative estimate of drug-likeness (QED) is 0.735.